The zero-order valence-corrected chi connectivity index (χ0v) is 16.4. The molecule has 0 aliphatic rings. The van der Waals surface area contributed by atoms with Crippen molar-refractivity contribution in [1.29, 1.82) is 0 Å². The normalized spacial score (nSPS) is 12.4. The van der Waals surface area contributed by atoms with Crippen molar-refractivity contribution in [3.05, 3.63) is 80.6 Å². The Kier molecular flexibility index (Phi) is 4.58. The van der Waals surface area contributed by atoms with Gasteiger partial charge in [-0.15, -0.1) is 0 Å². The van der Waals surface area contributed by atoms with E-state index in [9.17, 15) is 14.4 Å². The highest BCUT2D eigenvalue weighted by molar-refractivity contribution is 5.97. The molecule has 4 aromatic rings. The highest BCUT2D eigenvalue weighted by Gasteiger charge is 2.22. The second-order valence-corrected chi connectivity index (χ2v) is 7.01. The van der Waals surface area contributed by atoms with E-state index in [2.05, 4.69) is 4.98 Å². The molecule has 0 spiro atoms. The molecule has 7 nitrogen and oxygen atoms in total. The van der Waals surface area contributed by atoms with Gasteiger partial charge < -0.3 is 18.9 Å². The minimum absolute atomic E-state index is 0.213. The number of rotatable bonds is 4. The monoisotopic (exact) mass is 391 g/mol. The fraction of sp³-hybridized carbons (Fsp3) is 0.227. The molecule has 29 heavy (non-hydrogen) atoms. The summed E-state index contributed by atoms with van der Waals surface area (Å²) in [6.07, 6.45) is 0. The molecule has 1 unspecified atom stereocenters. The van der Waals surface area contributed by atoms with Crippen molar-refractivity contribution in [1.82, 2.24) is 14.5 Å². The van der Waals surface area contributed by atoms with Crippen LogP contribution in [0.5, 0.6) is 0 Å². The lowest BCUT2D eigenvalue weighted by Crippen LogP contribution is -2.36. The van der Waals surface area contributed by atoms with Crippen LogP contribution in [0.25, 0.3) is 22.0 Å². The van der Waals surface area contributed by atoms with Crippen molar-refractivity contribution in [2.75, 3.05) is 7.05 Å². The average molecular weight is 391 g/mol. The Bertz CT molecular complexity index is 1310. The highest BCUT2D eigenvalue weighted by Crippen LogP contribution is 2.27. The molecule has 1 amide bonds. The molecule has 1 atom stereocenters. The molecule has 7 heteroatoms. The molecule has 0 saturated heterocycles. The molecule has 2 heterocycles. The van der Waals surface area contributed by atoms with E-state index in [-0.39, 0.29) is 11.9 Å². The fourth-order valence-electron chi connectivity index (χ4n) is 3.50. The first-order valence-corrected chi connectivity index (χ1v) is 9.43. The number of para-hydroxylation sites is 1. The number of nitrogens with one attached hydrogen (secondary N) is 1. The largest absolute Gasteiger partial charge is 0.459 e. The van der Waals surface area contributed by atoms with Gasteiger partial charge in [-0.25, -0.2) is 0 Å². The Morgan fingerprint density at radius 2 is 1.93 bits per heavy atom. The molecule has 0 fully saturated rings. The second kappa shape index (κ2) is 7.09. The summed E-state index contributed by atoms with van der Waals surface area (Å²) in [5.41, 5.74) is 0.923. The standard InChI is InChI=1S/C22H21N3O4/c1-4-25-17-10-9-15(11-16(17)23-20(26)22(25)28)21(27)24(3)13(2)19-12-14-7-5-6-8-18(14)29-19/h5-13H,4H2,1-3H3,(H,23,26). The molecule has 0 bridgehead atoms. The number of furan rings is 1. The van der Waals surface area contributed by atoms with Crippen LogP contribution in [0, 0.1) is 0 Å². The van der Waals surface area contributed by atoms with Gasteiger partial charge in [-0.3, -0.25) is 14.4 Å². The summed E-state index contributed by atoms with van der Waals surface area (Å²) >= 11 is 0. The number of fused-ring (bicyclic) bond motifs is 2. The maximum atomic E-state index is 13.0. The number of H-pyrrole nitrogens is 1. The number of carbonyl (C=O) groups excluding carboxylic acids is 1. The number of hydrogen-bond donors (Lipinski definition) is 1. The lowest BCUT2D eigenvalue weighted by Gasteiger charge is -2.23. The molecule has 0 saturated carbocycles. The van der Waals surface area contributed by atoms with E-state index < -0.39 is 11.1 Å². The molecule has 0 aliphatic heterocycles. The Morgan fingerprint density at radius 3 is 2.66 bits per heavy atom. The van der Waals surface area contributed by atoms with Gasteiger partial charge in [0.15, 0.2) is 0 Å². The number of hydrogen-bond acceptors (Lipinski definition) is 4. The number of aromatic amines is 1. The van der Waals surface area contributed by atoms with Gasteiger partial charge in [-0.1, -0.05) is 18.2 Å². The molecule has 1 N–H and O–H groups in total. The van der Waals surface area contributed by atoms with Crippen LogP contribution in [0.2, 0.25) is 0 Å². The number of aromatic nitrogens is 2. The van der Waals surface area contributed by atoms with Gasteiger partial charge in [-0.2, -0.15) is 0 Å². The van der Waals surface area contributed by atoms with E-state index in [4.69, 9.17) is 4.42 Å². The first kappa shape index (κ1) is 18.7. The quantitative estimate of drug-likeness (QED) is 0.541. The average Bonchev–Trinajstić information content (AvgIpc) is 3.17. The van der Waals surface area contributed by atoms with Gasteiger partial charge in [0.25, 0.3) is 5.91 Å². The van der Waals surface area contributed by atoms with E-state index in [1.807, 2.05) is 37.3 Å². The van der Waals surface area contributed by atoms with Crippen molar-refractivity contribution in [2.45, 2.75) is 26.4 Å². The van der Waals surface area contributed by atoms with E-state index >= 15 is 0 Å². The molecule has 0 aliphatic carbocycles. The van der Waals surface area contributed by atoms with E-state index in [1.165, 1.54) is 4.57 Å². The first-order valence-electron chi connectivity index (χ1n) is 9.43. The summed E-state index contributed by atoms with van der Waals surface area (Å²) in [6.45, 7) is 4.06. The van der Waals surface area contributed by atoms with Crippen LogP contribution >= 0.6 is 0 Å². The van der Waals surface area contributed by atoms with Crippen LogP contribution in [-0.2, 0) is 6.54 Å². The minimum atomic E-state index is -0.701. The summed E-state index contributed by atoms with van der Waals surface area (Å²) in [5, 5.41) is 0.982. The summed E-state index contributed by atoms with van der Waals surface area (Å²) in [5.74, 6) is 0.478. The number of amides is 1. The van der Waals surface area contributed by atoms with Crippen molar-refractivity contribution >= 4 is 27.9 Å². The van der Waals surface area contributed by atoms with Gasteiger partial charge in [0.1, 0.15) is 11.3 Å². The molecule has 0 radical (unpaired) electrons. The summed E-state index contributed by atoms with van der Waals surface area (Å²) < 4.78 is 7.28. The van der Waals surface area contributed by atoms with Gasteiger partial charge in [0.05, 0.1) is 17.1 Å². The Balaban J connectivity index is 1.69. The predicted molar refractivity (Wildman–Crippen MR) is 111 cm³/mol. The highest BCUT2D eigenvalue weighted by atomic mass is 16.3. The maximum Gasteiger partial charge on any atom is 0.316 e. The molecular weight excluding hydrogens is 370 g/mol. The smallest absolute Gasteiger partial charge is 0.316 e. The molecule has 4 rings (SSSR count). The molecular formula is C22H21N3O4. The van der Waals surface area contributed by atoms with Crippen molar-refractivity contribution in [3.8, 4) is 0 Å². The van der Waals surface area contributed by atoms with Gasteiger partial charge in [-0.05, 0) is 44.2 Å². The number of aryl methyl sites for hydroxylation is 1. The zero-order chi connectivity index (χ0) is 20.7. The van der Waals surface area contributed by atoms with Crippen LogP contribution in [0.3, 0.4) is 0 Å². The lowest BCUT2D eigenvalue weighted by atomic mass is 10.1. The summed E-state index contributed by atoms with van der Waals surface area (Å²) in [7, 11) is 1.71. The topological polar surface area (TPSA) is 88.3 Å². The van der Waals surface area contributed by atoms with Gasteiger partial charge >= 0.3 is 11.1 Å². The minimum Gasteiger partial charge on any atom is -0.459 e. The Morgan fingerprint density at radius 1 is 1.17 bits per heavy atom. The van der Waals surface area contributed by atoms with E-state index in [0.717, 1.165) is 11.0 Å². The Hall–Kier alpha value is -3.61. The van der Waals surface area contributed by atoms with Crippen molar-refractivity contribution in [3.63, 3.8) is 0 Å². The number of nitrogens with zero attached hydrogens (tertiary/aromatic N) is 2. The first-order chi connectivity index (χ1) is 13.9. The summed E-state index contributed by atoms with van der Waals surface area (Å²) in [6, 6.07) is 14.3. The lowest BCUT2D eigenvalue weighted by molar-refractivity contribution is 0.0727. The van der Waals surface area contributed by atoms with Crippen molar-refractivity contribution < 1.29 is 9.21 Å². The van der Waals surface area contributed by atoms with Gasteiger partial charge in [0, 0.05) is 24.5 Å². The third-order valence-corrected chi connectivity index (χ3v) is 5.30. The molecule has 2 aromatic heterocycles. The number of benzene rings is 2. The number of carbonyl (C=O) groups is 1. The van der Waals surface area contributed by atoms with Crippen molar-refractivity contribution in [2.24, 2.45) is 0 Å². The molecule has 148 valence electrons. The summed E-state index contributed by atoms with van der Waals surface area (Å²) in [4.78, 5) is 41.1. The van der Waals surface area contributed by atoms with E-state index in [0.29, 0.717) is 28.9 Å². The maximum absolute atomic E-state index is 13.0. The van der Waals surface area contributed by atoms with Crippen LogP contribution in [0.4, 0.5) is 0 Å². The fourth-order valence-corrected chi connectivity index (χ4v) is 3.50. The zero-order valence-electron chi connectivity index (χ0n) is 16.4. The predicted octanol–water partition coefficient (Wildman–Crippen LogP) is 3.29. The van der Waals surface area contributed by atoms with Gasteiger partial charge in [0.2, 0.25) is 0 Å². The third kappa shape index (κ3) is 3.14. The second-order valence-electron chi connectivity index (χ2n) is 7.01. The van der Waals surface area contributed by atoms with Crippen LogP contribution in [-0.4, -0.2) is 27.4 Å². The Labute approximate surface area is 166 Å². The SMILES string of the molecule is CCn1c(=O)c(=O)[nH]c2cc(C(=O)N(C)C(C)c3cc4ccccc4o3)ccc21. The van der Waals surface area contributed by atoms with Crippen LogP contribution in [0.1, 0.15) is 36.0 Å². The third-order valence-electron chi connectivity index (χ3n) is 5.30. The molecule has 2 aromatic carbocycles. The van der Waals surface area contributed by atoms with Crippen LogP contribution < -0.4 is 11.1 Å². The van der Waals surface area contributed by atoms with E-state index in [1.54, 1.807) is 37.1 Å². The van der Waals surface area contributed by atoms with Crippen LogP contribution in [0.15, 0.2) is 62.5 Å².